The van der Waals surface area contributed by atoms with Crippen molar-refractivity contribution in [3.63, 3.8) is 0 Å². The molecule has 0 unspecified atom stereocenters. The Bertz CT molecular complexity index is 911. The third kappa shape index (κ3) is 6.71. The van der Waals surface area contributed by atoms with E-state index in [9.17, 15) is 22.8 Å². The van der Waals surface area contributed by atoms with Crippen molar-refractivity contribution in [3.05, 3.63) is 71.6 Å². The predicted octanol–water partition coefficient (Wildman–Crippen LogP) is 3.36. The number of carboxylic acid groups (broad SMARTS) is 2. The van der Waals surface area contributed by atoms with Gasteiger partial charge >= 0.3 is 11.9 Å². The number of aliphatic carboxylic acids is 2. The number of hydrogen-bond acceptors (Lipinski definition) is 4. The zero-order valence-corrected chi connectivity index (χ0v) is 15.8. The summed E-state index contributed by atoms with van der Waals surface area (Å²) in [4.78, 5) is 19.1. The zero-order chi connectivity index (χ0) is 22.1. The Morgan fingerprint density at radius 3 is 2.17 bits per heavy atom. The summed E-state index contributed by atoms with van der Waals surface area (Å²) >= 11 is 0. The molecule has 1 atom stereocenters. The average Bonchev–Trinajstić information content (AvgIpc) is 3.22. The maximum atomic E-state index is 14.1. The summed E-state index contributed by atoms with van der Waals surface area (Å²) in [6, 6.07) is 8.24. The van der Waals surface area contributed by atoms with E-state index in [-0.39, 0.29) is 23.8 Å². The van der Waals surface area contributed by atoms with Crippen LogP contribution in [0.3, 0.4) is 0 Å². The quantitative estimate of drug-likeness (QED) is 0.617. The van der Waals surface area contributed by atoms with E-state index in [1.54, 1.807) is 6.07 Å². The third-order valence-electron chi connectivity index (χ3n) is 4.21. The number of carboxylic acids is 2. The Labute approximate surface area is 170 Å². The topological polar surface area (TPSA) is 95.9 Å². The smallest absolute Gasteiger partial charge is 0.328 e. The number of carbonyl (C=O) groups is 2. The molecule has 1 heterocycles. The van der Waals surface area contributed by atoms with Gasteiger partial charge in [0.15, 0.2) is 11.6 Å². The van der Waals surface area contributed by atoms with E-state index in [0.29, 0.717) is 17.7 Å². The summed E-state index contributed by atoms with van der Waals surface area (Å²) in [7, 11) is 0. The Balaban J connectivity index is 0.000000343. The van der Waals surface area contributed by atoms with Crippen LogP contribution in [0.4, 0.5) is 13.2 Å². The van der Waals surface area contributed by atoms with Gasteiger partial charge in [-0.3, -0.25) is 0 Å². The van der Waals surface area contributed by atoms with Crippen LogP contribution in [-0.4, -0.2) is 41.3 Å². The van der Waals surface area contributed by atoms with E-state index < -0.39 is 29.4 Å². The van der Waals surface area contributed by atoms with Crippen LogP contribution >= 0.6 is 0 Å². The molecule has 0 amide bonds. The summed E-state index contributed by atoms with van der Waals surface area (Å²) in [6.07, 6.45) is 1.99. The number of ether oxygens (including phenoxy) is 1. The molecule has 9 heteroatoms. The third-order valence-corrected chi connectivity index (χ3v) is 4.21. The average molecular weight is 423 g/mol. The van der Waals surface area contributed by atoms with Gasteiger partial charge in [0.1, 0.15) is 5.82 Å². The fraction of sp³-hybridized carbons (Fsp3) is 0.238. The van der Waals surface area contributed by atoms with E-state index >= 15 is 0 Å². The minimum atomic E-state index is -1.26. The lowest BCUT2D eigenvalue weighted by Gasteiger charge is -2.15. The molecule has 0 saturated carbocycles. The van der Waals surface area contributed by atoms with Crippen LogP contribution in [0.2, 0.25) is 0 Å². The van der Waals surface area contributed by atoms with Crippen molar-refractivity contribution in [1.29, 1.82) is 0 Å². The van der Waals surface area contributed by atoms with Gasteiger partial charge in [-0.2, -0.15) is 0 Å². The number of benzene rings is 2. The molecule has 0 spiro atoms. The van der Waals surface area contributed by atoms with Crippen molar-refractivity contribution in [2.24, 2.45) is 0 Å². The van der Waals surface area contributed by atoms with Gasteiger partial charge < -0.3 is 20.3 Å². The molecule has 3 N–H and O–H groups in total. The lowest BCUT2D eigenvalue weighted by molar-refractivity contribution is -0.134. The van der Waals surface area contributed by atoms with Gasteiger partial charge in [0, 0.05) is 29.8 Å². The second-order valence-corrected chi connectivity index (χ2v) is 6.30. The number of halogens is 3. The van der Waals surface area contributed by atoms with E-state index in [1.165, 1.54) is 24.3 Å². The molecule has 1 fully saturated rings. The van der Waals surface area contributed by atoms with Crippen LogP contribution in [0.15, 0.2) is 48.6 Å². The summed E-state index contributed by atoms with van der Waals surface area (Å²) in [5, 5.41) is 18.8. The molecular formula is C21H20F3NO5. The Hall–Kier alpha value is -3.17. The van der Waals surface area contributed by atoms with Crippen LogP contribution in [0.5, 0.6) is 0 Å². The van der Waals surface area contributed by atoms with Gasteiger partial charge in [-0.25, -0.2) is 22.8 Å². The Morgan fingerprint density at radius 2 is 1.60 bits per heavy atom. The highest BCUT2D eigenvalue weighted by Crippen LogP contribution is 2.30. The molecule has 3 rings (SSSR count). The molecule has 2 aromatic rings. The van der Waals surface area contributed by atoms with Gasteiger partial charge in [-0.1, -0.05) is 24.3 Å². The van der Waals surface area contributed by atoms with Crippen LogP contribution in [0, 0.1) is 17.5 Å². The van der Waals surface area contributed by atoms with Crippen molar-refractivity contribution in [3.8, 4) is 11.1 Å². The van der Waals surface area contributed by atoms with E-state index in [4.69, 9.17) is 14.9 Å². The van der Waals surface area contributed by atoms with Crippen molar-refractivity contribution < 1.29 is 37.7 Å². The first-order valence-electron chi connectivity index (χ1n) is 8.97. The molecule has 160 valence electrons. The lowest BCUT2D eigenvalue weighted by atomic mass is 9.99. The second-order valence-electron chi connectivity index (χ2n) is 6.30. The van der Waals surface area contributed by atoms with Crippen molar-refractivity contribution >= 4 is 11.9 Å². The molecule has 0 radical (unpaired) electrons. The van der Waals surface area contributed by atoms with E-state index in [2.05, 4.69) is 5.32 Å². The molecule has 1 aliphatic heterocycles. The van der Waals surface area contributed by atoms with Crippen molar-refractivity contribution in [2.45, 2.75) is 19.1 Å². The first-order chi connectivity index (χ1) is 14.3. The summed E-state index contributed by atoms with van der Waals surface area (Å²) < 4.78 is 47.2. The predicted molar refractivity (Wildman–Crippen MR) is 102 cm³/mol. The van der Waals surface area contributed by atoms with Crippen molar-refractivity contribution in [1.82, 2.24) is 5.32 Å². The van der Waals surface area contributed by atoms with Gasteiger partial charge in [-0.05, 0) is 30.7 Å². The van der Waals surface area contributed by atoms with Crippen molar-refractivity contribution in [2.75, 3.05) is 13.1 Å². The molecule has 0 aliphatic carbocycles. The fourth-order valence-corrected chi connectivity index (χ4v) is 2.78. The number of hydrogen-bond donors (Lipinski definition) is 3. The molecule has 30 heavy (non-hydrogen) atoms. The van der Waals surface area contributed by atoms with Crippen LogP contribution in [0.25, 0.3) is 11.1 Å². The van der Waals surface area contributed by atoms with E-state index in [1.807, 2.05) is 0 Å². The highest BCUT2D eigenvalue weighted by atomic mass is 19.2. The first-order valence-corrected chi connectivity index (χ1v) is 8.97. The minimum absolute atomic E-state index is 0.0183. The molecule has 1 saturated heterocycles. The molecule has 0 bridgehead atoms. The highest BCUT2D eigenvalue weighted by Gasteiger charge is 2.19. The van der Waals surface area contributed by atoms with Crippen LogP contribution in [-0.2, 0) is 20.9 Å². The monoisotopic (exact) mass is 423 g/mol. The normalized spacial score (nSPS) is 15.6. The first kappa shape index (κ1) is 23.1. The Morgan fingerprint density at radius 1 is 1.00 bits per heavy atom. The van der Waals surface area contributed by atoms with Gasteiger partial charge in [-0.15, -0.1) is 0 Å². The maximum Gasteiger partial charge on any atom is 0.328 e. The molecule has 1 aliphatic rings. The molecule has 2 aromatic carbocycles. The van der Waals surface area contributed by atoms with Crippen LogP contribution < -0.4 is 5.32 Å². The molecular weight excluding hydrogens is 403 g/mol. The van der Waals surface area contributed by atoms with E-state index in [0.717, 1.165) is 25.6 Å². The Kier molecular flexibility index (Phi) is 8.57. The molecule has 6 nitrogen and oxygen atoms in total. The SMILES string of the molecule is Fc1cccc(-c2cccc(F)c2CO[C@H]2CCNC2)c1F.O=C(O)/C=C/C(=O)O. The van der Waals surface area contributed by atoms with Crippen LogP contribution in [0.1, 0.15) is 12.0 Å². The summed E-state index contributed by atoms with van der Waals surface area (Å²) in [5.41, 5.74) is 0.615. The standard InChI is InChI=1S/C17H16F3NO.C4H4O4/c18-15-5-1-3-12(13-4-2-6-16(19)17(13)20)14(15)10-22-11-7-8-21-9-11;5-3(6)1-2-4(7)8/h1-6,11,21H,7-10H2;1-2H,(H,5,6)(H,7,8)/b;2-1+/t11-;/m0./s1. The lowest BCUT2D eigenvalue weighted by Crippen LogP contribution is -2.17. The summed E-state index contributed by atoms with van der Waals surface area (Å²) in [6.45, 7) is 1.62. The largest absolute Gasteiger partial charge is 0.478 e. The van der Waals surface area contributed by atoms with Gasteiger partial charge in [0.2, 0.25) is 0 Å². The molecule has 0 aromatic heterocycles. The number of rotatable bonds is 6. The second kappa shape index (κ2) is 11.1. The summed E-state index contributed by atoms with van der Waals surface area (Å²) in [5.74, 6) is -4.92. The number of nitrogens with one attached hydrogen (secondary N) is 1. The minimum Gasteiger partial charge on any atom is -0.478 e. The van der Waals surface area contributed by atoms with Gasteiger partial charge in [0.05, 0.1) is 12.7 Å². The van der Waals surface area contributed by atoms with Gasteiger partial charge in [0.25, 0.3) is 0 Å². The zero-order valence-electron chi connectivity index (χ0n) is 15.8. The highest BCUT2D eigenvalue weighted by molar-refractivity contribution is 5.89. The maximum absolute atomic E-state index is 14.1. The fourth-order valence-electron chi connectivity index (χ4n) is 2.78.